The van der Waals surface area contributed by atoms with Crippen LogP contribution in [0.1, 0.15) is 46.2 Å². The van der Waals surface area contributed by atoms with Crippen molar-refractivity contribution in [2.45, 2.75) is 51.6 Å². The van der Waals surface area contributed by atoms with Gasteiger partial charge in [0.05, 0.1) is 5.69 Å². The number of nitrogens with zero attached hydrogens (tertiary/aromatic N) is 2. The second-order valence-electron chi connectivity index (χ2n) is 6.64. The van der Waals surface area contributed by atoms with Crippen molar-refractivity contribution in [3.63, 3.8) is 0 Å². The summed E-state index contributed by atoms with van der Waals surface area (Å²) in [5.74, 6) is 0.329. The zero-order valence-corrected chi connectivity index (χ0v) is 16.7. The summed E-state index contributed by atoms with van der Waals surface area (Å²) in [6.45, 7) is 9.04. The summed E-state index contributed by atoms with van der Waals surface area (Å²) < 4.78 is 10.3. The zero-order chi connectivity index (χ0) is 15.0. The molecule has 127 valence electrons. The van der Waals surface area contributed by atoms with Crippen molar-refractivity contribution in [1.82, 2.24) is 10.1 Å². The van der Waals surface area contributed by atoms with E-state index in [2.05, 4.69) is 12.1 Å². The van der Waals surface area contributed by atoms with Gasteiger partial charge in [-0.3, -0.25) is 0 Å². The van der Waals surface area contributed by atoms with Crippen LogP contribution in [0.2, 0.25) is 0 Å². The Bertz CT molecular complexity index is 488. The van der Waals surface area contributed by atoms with Crippen LogP contribution < -0.4 is 5.73 Å². The minimum absolute atomic E-state index is 0. The average molecular weight is 483 g/mol. The molecule has 1 radical (unpaired) electrons. The summed E-state index contributed by atoms with van der Waals surface area (Å²) in [4.78, 5) is 13.8. The summed E-state index contributed by atoms with van der Waals surface area (Å²) in [7, 11) is 0. The van der Waals surface area contributed by atoms with Crippen LogP contribution in [-0.2, 0) is 30.6 Å². The monoisotopic (exact) mass is 483 g/mol. The topological polar surface area (TPSA) is 81.6 Å². The molecule has 1 saturated heterocycles. The van der Waals surface area contributed by atoms with Gasteiger partial charge in [0, 0.05) is 45.0 Å². The molecule has 0 bridgehead atoms. The third-order valence-electron chi connectivity index (χ3n) is 3.67. The number of carbonyl (C=O) groups is 1. The number of hydrogen-bond donors (Lipinski definition) is 1. The number of ether oxygens (including phenoxy) is 1. The first-order valence-corrected chi connectivity index (χ1v) is 6.90. The van der Waals surface area contributed by atoms with Gasteiger partial charge in [-0.05, 0) is 33.6 Å². The van der Waals surface area contributed by atoms with E-state index in [0.717, 1.165) is 18.5 Å². The molecule has 7 heteroatoms. The van der Waals surface area contributed by atoms with E-state index in [1.54, 1.807) is 11.0 Å². The fraction of sp³-hybridized carbons (Fsp3) is 0.667. The van der Waals surface area contributed by atoms with E-state index in [1.165, 1.54) is 0 Å². The number of nitrogen functional groups attached to an aromatic ring is 1. The van der Waals surface area contributed by atoms with Gasteiger partial charge in [-0.15, -0.1) is 0 Å². The third-order valence-corrected chi connectivity index (χ3v) is 3.67. The Labute approximate surface area is 146 Å². The molecule has 1 aromatic rings. The molecule has 2 N–H and O–H groups in total. The van der Waals surface area contributed by atoms with Gasteiger partial charge in [-0.1, -0.05) is 12.1 Å². The Morgan fingerprint density at radius 3 is 2.36 bits per heavy atom. The summed E-state index contributed by atoms with van der Waals surface area (Å²) in [6.07, 6.45) is 1.38. The van der Waals surface area contributed by atoms with Crippen LogP contribution in [-0.4, -0.2) is 34.8 Å². The second-order valence-corrected chi connectivity index (χ2v) is 6.64. The first-order chi connectivity index (χ1) is 9.20. The van der Waals surface area contributed by atoms with Crippen LogP contribution >= 0.6 is 0 Å². The predicted molar refractivity (Wildman–Crippen MR) is 81.7 cm³/mol. The van der Waals surface area contributed by atoms with Gasteiger partial charge in [-0.2, -0.15) is 0 Å². The summed E-state index contributed by atoms with van der Waals surface area (Å²) in [5, 5.41) is 4.01. The summed E-state index contributed by atoms with van der Waals surface area (Å²) in [5.41, 5.74) is 5.88. The van der Waals surface area contributed by atoms with E-state index in [9.17, 15) is 4.79 Å². The molecule has 1 aliphatic heterocycles. The van der Waals surface area contributed by atoms with E-state index in [4.69, 9.17) is 15.0 Å². The number of amides is 1. The van der Waals surface area contributed by atoms with E-state index < -0.39 is 5.60 Å². The largest absolute Gasteiger partial charge is 0.444 e. The van der Waals surface area contributed by atoms with Crippen molar-refractivity contribution >= 4 is 12.0 Å². The standard InChI is InChI=1S/C14H23N3O3.CH3.Re/c1-13(2,3)19-12(18)17-7-5-14(4,6-8-17)10-9-11(15)20-16-10;;/h9H,5-8,15H2,1-4H3;1H3;/q;-1;. The van der Waals surface area contributed by atoms with Gasteiger partial charge in [0.2, 0.25) is 5.88 Å². The first kappa shape index (κ1) is 20.9. The number of piperidine rings is 1. The molecule has 0 saturated carbocycles. The van der Waals surface area contributed by atoms with Crippen molar-refractivity contribution in [2.75, 3.05) is 18.8 Å². The van der Waals surface area contributed by atoms with Gasteiger partial charge < -0.3 is 27.3 Å². The number of rotatable bonds is 1. The van der Waals surface area contributed by atoms with Crippen molar-refractivity contribution in [2.24, 2.45) is 0 Å². The minimum Gasteiger partial charge on any atom is -0.444 e. The average Bonchev–Trinajstić information content (AvgIpc) is 2.75. The smallest absolute Gasteiger partial charge is 0.410 e. The molecule has 0 aliphatic carbocycles. The second kappa shape index (κ2) is 7.47. The van der Waals surface area contributed by atoms with Crippen LogP contribution in [0.4, 0.5) is 10.7 Å². The van der Waals surface area contributed by atoms with E-state index in [0.29, 0.717) is 19.0 Å². The maximum atomic E-state index is 12.0. The van der Waals surface area contributed by atoms with E-state index >= 15 is 0 Å². The molecule has 0 aromatic carbocycles. The number of hydrogen-bond acceptors (Lipinski definition) is 5. The molecule has 2 rings (SSSR count). The quantitative estimate of drug-likeness (QED) is 0.623. The molecule has 0 spiro atoms. The molecular formula is C15H26N3O3Re-. The predicted octanol–water partition coefficient (Wildman–Crippen LogP) is 2.99. The fourth-order valence-electron chi connectivity index (χ4n) is 2.34. The van der Waals surface area contributed by atoms with Gasteiger partial charge in [-0.25, -0.2) is 4.79 Å². The SMILES string of the molecule is CC(C)(C)OC(=O)N1CCC(C)(c2cc(N)on2)CC1.[CH3-].[Re]. The molecule has 0 atom stereocenters. The van der Waals surface area contributed by atoms with Crippen molar-refractivity contribution in [3.8, 4) is 0 Å². The minimum atomic E-state index is -0.460. The van der Waals surface area contributed by atoms with E-state index in [1.807, 2.05) is 20.8 Å². The zero-order valence-electron chi connectivity index (χ0n) is 14.0. The van der Waals surface area contributed by atoms with Gasteiger partial charge in [0.25, 0.3) is 0 Å². The van der Waals surface area contributed by atoms with Crippen LogP contribution in [0.5, 0.6) is 0 Å². The Balaban J connectivity index is 0.00000220. The van der Waals surface area contributed by atoms with Gasteiger partial charge >= 0.3 is 6.09 Å². The Kier molecular flexibility index (Phi) is 7.11. The van der Waals surface area contributed by atoms with Crippen LogP contribution in [0.15, 0.2) is 10.6 Å². The fourth-order valence-corrected chi connectivity index (χ4v) is 2.34. The van der Waals surface area contributed by atoms with Gasteiger partial charge in [0.15, 0.2) is 0 Å². The van der Waals surface area contributed by atoms with Crippen LogP contribution in [0, 0.1) is 7.43 Å². The molecule has 1 fully saturated rings. The molecule has 6 nitrogen and oxygen atoms in total. The van der Waals surface area contributed by atoms with Crippen molar-refractivity contribution in [3.05, 3.63) is 19.2 Å². The number of aromatic nitrogens is 1. The van der Waals surface area contributed by atoms with Crippen LogP contribution in [0.3, 0.4) is 0 Å². The third kappa shape index (κ3) is 4.99. The molecule has 1 aliphatic rings. The molecular weight excluding hydrogens is 456 g/mol. The number of carbonyl (C=O) groups excluding carboxylic acids is 1. The number of likely N-dealkylation sites (tertiary alicyclic amines) is 1. The molecule has 22 heavy (non-hydrogen) atoms. The molecule has 1 amide bonds. The van der Waals surface area contributed by atoms with Crippen LogP contribution in [0.25, 0.3) is 0 Å². The Morgan fingerprint density at radius 2 is 1.95 bits per heavy atom. The number of nitrogens with two attached hydrogens (primary N) is 1. The van der Waals surface area contributed by atoms with Crippen molar-refractivity contribution < 1.29 is 34.5 Å². The molecule has 2 heterocycles. The Hall–Kier alpha value is -1.06. The Morgan fingerprint density at radius 1 is 1.41 bits per heavy atom. The summed E-state index contributed by atoms with van der Waals surface area (Å²) >= 11 is 0. The molecule has 0 unspecified atom stereocenters. The maximum absolute atomic E-state index is 12.0. The normalized spacial score (nSPS) is 17.2. The van der Waals surface area contributed by atoms with Gasteiger partial charge in [0.1, 0.15) is 5.60 Å². The maximum Gasteiger partial charge on any atom is 0.410 e. The summed E-state index contributed by atoms with van der Waals surface area (Å²) in [6, 6.07) is 1.77. The molecule has 1 aromatic heterocycles. The first-order valence-electron chi connectivity index (χ1n) is 6.90. The van der Waals surface area contributed by atoms with E-state index in [-0.39, 0.29) is 39.4 Å². The van der Waals surface area contributed by atoms with Crippen molar-refractivity contribution in [1.29, 1.82) is 0 Å². The number of anilines is 1.